The highest BCUT2D eigenvalue weighted by atomic mass is 127. The number of halogens is 1. The Balaban J connectivity index is 0.00000625. The van der Waals surface area contributed by atoms with Crippen LogP contribution < -0.4 is 20.1 Å². The number of ether oxygens (including phenoxy) is 3. The second kappa shape index (κ2) is 13.0. The minimum absolute atomic E-state index is 0. The molecule has 0 aromatic heterocycles. The second-order valence-corrected chi connectivity index (χ2v) is 6.05. The number of nitrogens with zero attached hydrogens (tertiary/aromatic N) is 2. The van der Waals surface area contributed by atoms with Crippen molar-refractivity contribution in [1.29, 1.82) is 0 Å². The molecule has 2 atom stereocenters. The Morgan fingerprint density at radius 1 is 1.15 bits per heavy atom. The number of benzene rings is 1. The molecule has 1 rings (SSSR count). The molecule has 0 amide bonds. The lowest BCUT2D eigenvalue weighted by atomic mass is 10.1. The van der Waals surface area contributed by atoms with E-state index in [1.165, 1.54) is 0 Å². The molecule has 1 aromatic carbocycles. The van der Waals surface area contributed by atoms with E-state index in [4.69, 9.17) is 14.2 Å². The minimum Gasteiger partial charge on any atom is -0.493 e. The molecule has 1 aromatic rings. The van der Waals surface area contributed by atoms with Crippen LogP contribution in [0, 0.1) is 0 Å². The van der Waals surface area contributed by atoms with Crippen LogP contribution in [0.2, 0.25) is 0 Å². The largest absolute Gasteiger partial charge is 0.493 e. The van der Waals surface area contributed by atoms with E-state index in [-0.39, 0.29) is 36.1 Å². The van der Waals surface area contributed by atoms with Gasteiger partial charge in [-0.25, -0.2) is 0 Å². The van der Waals surface area contributed by atoms with Crippen molar-refractivity contribution >= 4 is 29.9 Å². The summed E-state index contributed by atoms with van der Waals surface area (Å²) in [7, 11) is 10.8. The molecule has 7 nitrogen and oxygen atoms in total. The van der Waals surface area contributed by atoms with Gasteiger partial charge in [0.2, 0.25) is 0 Å². The number of hydrogen-bond donors (Lipinski definition) is 2. The molecule has 2 unspecified atom stereocenters. The van der Waals surface area contributed by atoms with Crippen molar-refractivity contribution in [2.75, 3.05) is 55.6 Å². The zero-order valence-corrected chi connectivity index (χ0v) is 19.2. The Bertz CT molecular complexity index is 555. The monoisotopic (exact) mass is 480 g/mol. The van der Waals surface area contributed by atoms with Gasteiger partial charge < -0.3 is 29.7 Å². The number of likely N-dealkylation sites (N-methyl/N-ethyl adjacent to an activating group) is 1. The van der Waals surface area contributed by atoms with Crippen molar-refractivity contribution < 1.29 is 14.2 Å². The normalized spacial score (nSPS) is 13.6. The molecule has 0 heterocycles. The van der Waals surface area contributed by atoms with Crippen molar-refractivity contribution in [2.24, 2.45) is 4.99 Å². The maximum atomic E-state index is 5.42. The van der Waals surface area contributed by atoms with Gasteiger partial charge in [-0.3, -0.25) is 4.99 Å². The minimum atomic E-state index is 0. The molecular formula is C18H33IN4O3. The first kappa shape index (κ1) is 24.7. The SMILES string of the molecule is CN=C(NCC(c1ccc(OC)c(OC)c1)N(C)C)NC(C)COC.I. The maximum Gasteiger partial charge on any atom is 0.191 e. The first-order valence-electron chi connectivity index (χ1n) is 8.31. The third kappa shape index (κ3) is 7.55. The van der Waals surface area contributed by atoms with Gasteiger partial charge in [-0.1, -0.05) is 6.07 Å². The van der Waals surface area contributed by atoms with Crippen LogP contribution in [0.3, 0.4) is 0 Å². The molecule has 0 saturated heterocycles. The summed E-state index contributed by atoms with van der Waals surface area (Å²) >= 11 is 0. The van der Waals surface area contributed by atoms with Crippen molar-refractivity contribution in [1.82, 2.24) is 15.5 Å². The molecule has 0 aliphatic rings. The maximum absolute atomic E-state index is 5.42. The van der Waals surface area contributed by atoms with Crippen LogP contribution >= 0.6 is 24.0 Å². The summed E-state index contributed by atoms with van der Waals surface area (Å²) in [5, 5.41) is 6.68. The van der Waals surface area contributed by atoms with Crippen LogP contribution in [0.15, 0.2) is 23.2 Å². The lowest BCUT2D eigenvalue weighted by molar-refractivity contribution is 0.179. The molecule has 0 radical (unpaired) electrons. The summed E-state index contributed by atoms with van der Waals surface area (Å²) in [4.78, 5) is 6.42. The molecule has 150 valence electrons. The second-order valence-electron chi connectivity index (χ2n) is 6.05. The van der Waals surface area contributed by atoms with Gasteiger partial charge in [0.1, 0.15) is 0 Å². The molecule has 8 heteroatoms. The smallest absolute Gasteiger partial charge is 0.191 e. The predicted octanol–water partition coefficient (Wildman–Crippen LogP) is 2.12. The molecule has 0 aliphatic heterocycles. The summed E-state index contributed by atoms with van der Waals surface area (Å²) in [6, 6.07) is 6.32. The van der Waals surface area contributed by atoms with E-state index >= 15 is 0 Å². The van der Waals surface area contributed by atoms with Crippen LogP contribution in [0.5, 0.6) is 11.5 Å². The molecule has 0 spiro atoms. The summed E-state index contributed by atoms with van der Waals surface area (Å²) in [5.41, 5.74) is 1.13. The topological polar surface area (TPSA) is 67.4 Å². The van der Waals surface area contributed by atoms with Crippen molar-refractivity contribution in [3.05, 3.63) is 23.8 Å². The Morgan fingerprint density at radius 2 is 1.81 bits per heavy atom. The van der Waals surface area contributed by atoms with E-state index in [1.807, 2.05) is 33.2 Å². The third-order valence-corrected chi connectivity index (χ3v) is 3.90. The van der Waals surface area contributed by atoms with Crippen molar-refractivity contribution in [3.8, 4) is 11.5 Å². The van der Waals surface area contributed by atoms with Crippen LogP contribution in [0.25, 0.3) is 0 Å². The van der Waals surface area contributed by atoms with Gasteiger partial charge in [0, 0.05) is 26.7 Å². The van der Waals surface area contributed by atoms with Crippen LogP contribution in [0.1, 0.15) is 18.5 Å². The van der Waals surface area contributed by atoms with Gasteiger partial charge in [-0.2, -0.15) is 0 Å². The number of rotatable bonds is 9. The third-order valence-electron chi connectivity index (χ3n) is 3.90. The Hall–Kier alpha value is -1.26. The molecule has 0 aliphatic carbocycles. The van der Waals surface area contributed by atoms with Gasteiger partial charge in [0.25, 0.3) is 0 Å². The fourth-order valence-electron chi connectivity index (χ4n) is 2.57. The van der Waals surface area contributed by atoms with Gasteiger partial charge >= 0.3 is 0 Å². The number of methoxy groups -OCH3 is 3. The van der Waals surface area contributed by atoms with Gasteiger partial charge in [0.15, 0.2) is 17.5 Å². The lowest BCUT2D eigenvalue weighted by Crippen LogP contribution is -2.46. The molecule has 2 N–H and O–H groups in total. The zero-order valence-electron chi connectivity index (χ0n) is 16.8. The average molecular weight is 480 g/mol. The van der Waals surface area contributed by atoms with E-state index < -0.39 is 0 Å². The Labute approximate surface area is 174 Å². The van der Waals surface area contributed by atoms with Gasteiger partial charge in [-0.05, 0) is 38.7 Å². The first-order valence-corrected chi connectivity index (χ1v) is 8.31. The molecule has 0 bridgehead atoms. The zero-order chi connectivity index (χ0) is 18.8. The Kier molecular flexibility index (Phi) is 12.4. The van der Waals surface area contributed by atoms with E-state index in [1.54, 1.807) is 28.4 Å². The standard InChI is InChI=1S/C18H32N4O3.HI/c1-13(12-23-5)21-18(19-2)20-11-15(22(3)4)14-8-9-16(24-6)17(10-14)25-7;/h8-10,13,15H,11-12H2,1-7H3,(H2,19,20,21);1H. The quantitative estimate of drug-likeness (QED) is 0.321. The first-order chi connectivity index (χ1) is 12.0. The number of nitrogens with one attached hydrogen (secondary N) is 2. The fraction of sp³-hybridized carbons (Fsp3) is 0.611. The average Bonchev–Trinajstić information content (AvgIpc) is 2.60. The molecular weight excluding hydrogens is 447 g/mol. The predicted molar refractivity (Wildman–Crippen MR) is 117 cm³/mol. The number of guanidine groups is 1. The number of hydrogen-bond acceptors (Lipinski definition) is 5. The summed E-state index contributed by atoms with van der Waals surface area (Å²) in [5.74, 6) is 2.20. The summed E-state index contributed by atoms with van der Waals surface area (Å²) < 4.78 is 15.9. The van der Waals surface area contributed by atoms with Crippen molar-refractivity contribution in [2.45, 2.75) is 19.0 Å². The van der Waals surface area contributed by atoms with Gasteiger partial charge in [0.05, 0.1) is 26.9 Å². The van der Waals surface area contributed by atoms with Crippen LogP contribution in [-0.2, 0) is 4.74 Å². The van der Waals surface area contributed by atoms with Crippen molar-refractivity contribution in [3.63, 3.8) is 0 Å². The fourth-order valence-corrected chi connectivity index (χ4v) is 2.57. The van der Waals surface area contributed by atoms with E-state index in [0.29, 0.717) is 13.2 Å². The molecule has 0 fully saturated rings. The molecule has 0 saturated carbocycles. The number of aliphatic imine (C=N–C) groups is 1. The van der Waals surface area contributed by atoms with Gasteiger partial charge in [-0.15, -0.1) is 24.0 Å². The molecule has 26 heavy (non-hydrogen) atoms. The van der Waals surface area contributed by atoms with Crippen LogP contribution in [0.4, 0.5) is 0 Å². The highest BCUT2D eigenvalue weighted by molar-refractivity contribution is 14.0. The Morgan fingerprint density at radius 3 is 2.31 bits per heavy atom. The highest BCUT2D eigenvalue weighted by Gasteiger charge is 2.17. The van der Waals surface area contributed by atoms with E-state index in [2.05, 4.69) is 26.6 Å². The summed E-state index contributed by atoms with van der Waals surface area (Å²) in [6.07, 6.45) is 0. The van der Waals surface area contributed by atoms with E-state index in [9.17, 15) is 0 Å². The van der Waals surface area contributed by atoms with E-state index in [0.717, 1.165) is 23.0 Å². The van der Waals surface area contributed by atoms with Crippen LogP contribution in [-0.4, -0.2) is 72.5 Å². The lowest BCUT2D eigenvalue weighted by Gasteiger charge is -2.27. The highest BCUT2D eigenvalue weighted by Crippen LogP contribution is 2.31. The summed E-state index contributed by atoms with van der Waals surface area (Å²) in [6.45, 7) is 3.36.